The van der Waals surface area contributed by atoms with Crippen molar-refractivity contribution in [1.82, 2.24) is 10.3 Å². The molecule has 0 aliphatic carbocycles. The number of allylic oxidation sites excluding steroid dienone is 3. The minimum Gasteiger partial charge on any atom is -0.465 e. The number of aromatic nitrogens is 1. The SMILES string of the molecule is C=COC(=C\C)/C(/C=c1/cc(NC(=O)c2ccc3c(c2)CNCC3)ncc1=C)=C/C. The minimum absolute atomic E-state index is 0.186. The number of carbonyl (C=O) groups is 1. The number of anilines is 1. The summed E-state index contributed by atoms with van der Waals surface area (Å²) in [7, 11) is 0. The highest BCUT2D eigenvalue weighted by atomic mass is 16.5. The second-order valence-corrected chi connectivity index (χ2v) is 6.96. The highest BCUT2D eigenvalue weighted by Gasteiger charge is 2.13. The van der Waals surface area contributed by atoms with Crippen molar-refractivity contribution in [2.24, 2.45) is 0 Å². The largest absolute Gasteiger partial charge is 0.465 e. The van der Waals surface area contributed by atoms with Crippen LogP contribution >= 0.6 is 0 Å². The lowest BCUT2D eigenvalue weighted by molar-refractivity contribution is 0.102. The van der Waals surface area contributed by atoms with Gasteiger partial charge in [-0.2, -0.15) is 0 Å². The van der Waals surface area contributed by atoms with E-state index in [0.29, 0.717) is 17.1 Å². The van der Waals surface area contributed by atoms with Crippen molar-refractivity contribution < 1.29 is 9.53 Å². The van der Waals surface area contributed by atoms with E-state index in [1.54, 1.807) is 6.20 Å². The molecule has 2 aromatic rings. The molecule has 3 rings (SSSR count). The first-order valence-electron chi connectivity index (χ1n) is 9.97. The number of hydrogen-bond donors (Lipinski definition) is 2. The number of rotatable bonds is 6. The van der Waals surface area contributed by atoms with Gasteiger partial charge in [0.1, 0.15) is 11.6 Å². The topological polar surface area (TPSA) is 63.2 Å². The molecule has 0 atom stereocenters. The number of nitrogens with one attached hydrogen (secondary N) is 2. The highest BCUT2D eigenvalue weighted by Crippen LogP contribution is 2.17. The first-order valence-corrected chi connectivity index (χ1v) is 9.97. The Morgan fingerprint density at radius 3 is 2.80 bits per heavy atom. The van der Waals surface area contributed by atoms with Gasteiger partial charge < -0.3 is 15.4 Å². The van der Waals surface area contributed by atoms with Crippen LogP contribution in [-0.4, -0.2) is 17.4 Å². The van der Waals surface area contributed by atoms with E-state index in [-0.39, 0.29) is 5.91 Å². The number of nitrogens with zero attached hydrogens (tertiary/aromatic N) is 1. The molecule has 0 unspecified atom stereocenters. The molecule has 1 amide bonds. The summed E-state index contributed by atoms with van der Waals surface area (Å²) in [6.07, 6.45) is 9.78. The van der Waals surface area contributed by atoms with Gasteiger partial charge in [-0.1, -0.05) is 25.3 Å². The third-order valence-electron chi connectivity index (χ3n) is 5.00. The molecule has 0 bridgehead atoms. The summed E-state index contributed by atoms with van der Waals surface area (Å²) in [4.78, 5) is 17.1. The van der Waals surface area contributed by atoms with Gasteiger partial charge in [0.2, 0.25) is 0 Å². The molecular formula is C25H27N3O2. The van der Waals surface area contributed by atoms with Crippen molar-refractivity contribution in [2.45, 2.75) is 26.8 Å². The summed E-state index contributed by atoms with van der Waals surface area (Å²) < 4.78 is 5.47. The van der Waals surface area contributed by atoms with Crippen molar-refractivity contribution >= 4 is 24.4 Å². The Hall–Kier alpha value is -3.44. The zero-order valence-electron chi connectivity index (χ0n) is 17.5. The maximum Gasteiger partial charge on any atom is 0.256 e. The predicted molar refractivity (Wildman–Crippen MR) is 122 cm³/mol. The summed E-state index contributed by atoms with van der Waals surface area (Å²) in [5.41, 5.74) is 3.96. The maximum absolute atomic E-state index is 12.8. The summed E-state index contributed by atoms with van der Waals surface area (Å²) in [5, 5.41) is 7.82. The summed E-state index contributed by atoms with van der Waals surface area (Å²) in [5.74, 6) is 0.975. The van der Waals surface area contributed by atoms with Gasteiger partial charge in [-0.25, -0.2) is 4.98 Å². The van der Waals surface area contributed by atoms with Crippen LogP contribution in [0.5, 0.6) is 0 Å². The molecule has 0 spiro atoms. The Morgan fingerprint density at radius 1 is 1.23 bits per heavy atom. The van der Waals surface area contributed by atoms with Crippen LogP contribution < -0.4 is 21.1 Å². The zero-order valence-corrected chi connectivity index (χ0v) is 17.5. The van der Waals surface area contributed by atoms with Crippen LogP contribution in [0.25, 0.3) is 12.7 Å². The predicted octanol–water partition coefficient (Wildman–Crippen LogP) is 3.18. The van der Waals surface area contributed by atoms with Gasteiger partial charge >= 0.3 is 0 Å². The van der Waals surface area contributed by atoms with Crippen molar-refractivity contribution in [2.75, 3.05) is 11.9 Å². The third kappa shape index (κ3) is 4.93. The van der Waals surface area contributed by atoms with E-state index in [4.69, 9.17) is 4.74 Å². The second kappa shape index (κ2) is 9.85. The molecule has 1 aromatic carbocycles. The number of fused-ring (bicyclic) bond motifs is 1. The van der Waals surface area contributed by atoms with Crippen molar-refractivity contribution in [1.29, 1.82) is 0 Å². The van der Waals surface area contributed by atoms with Gasteiger partial charge in [0.05, 0.1) is 6.26 Å². The van der Waals surface area contributed by atoms with Crippen LogP contribution in [0.2, 0.25) is 0 Å². The van der Waals surface area contributed by atoms with Crippen LogP contribution in [0.1, 0.15) is 35.3 Å². The fourth-order valence-corrected chi connectivity index (χ4v) is 3.37. The molecule has 5 heteroatoms. The summed E-state index contributed by atoms with van der Waals surface area (Å²) >= 11 is 0. The molecule has 0 radical (unpaired) electrons. The minimum atomic E-state index is -0.186. The molecule has 30 heavy (non-hydrogen) atoms. The van der Waals surface area contributed by atoms with Gasteiger partial charge in [0, 0.05) is 23.9 Å². The fraction of sp³-hybridized carbons (Fsp3) is 0.200. The van der Waals surface area contributed by atoms with E-state index in [2.05, 4.69) is 28.8 Å². The van der Waals surface area contributed by atoms with Crippen LogP contribution in [0, 0.1) is 0 Å². The Labute approximate surface area is 177 Å². The molecule has 1 aromatic heterocycles. The molecule has 0 saturated carbocycles. The first-order chi connectivity index (χ1) is 14.5. The Bertz CT molecular complexity index is 1130. The summed E-state index contributed by atoms with van der Waals surface area (Å²) in [6.45, 7) is 13.2. The van der Waals surface area contributed by atoms with Gasteiger partial charge in [-0.15, -0.1) is 0 Å². The lowest BCUT2D eigenvalue weighted by Gasteiger charge is -2.17. The van der Waals surface area contributed by atoms with E-state index >= 15 is 0 Å². The molecule has 2 N–H and O–H groups in total. The molecule has 0 saturated heterocycles. The Balaban J connectivity index is 1.87. The monoisotopic (exact) mass is 401 g/mol. The lowest BCUT2D eigenvalue weighted by atomic mass is 9.98. The standard InChI is InChI=1S/C25H27N3O2/c1-5-18(23(6-2)30-7-3)12-21-14-24(27-15-17(21)4)28-25(29)20-9-8-19-10-11-26-16-22(19)13-20/h5-9,12-15,26H,3-4,10-11,16H2,1-2H3,(H,28,29)/b18-5+,21-12-,23-6-. The number of carbonyl (C=O) groups excluding carboxylic acids is 1. The van der Waals surface area contributed by atoms with E-state index < -0.39 is 0 Å². The number of amides is 1. The highest BCUT2D eigenvalue weighted by molar-refractivity contribution is 6.03. The maximum atomic E-state index is 12.8. The Kier molecular flexibility index (Phi) is 6.99. The lowest BCUT2D eigenvalue weighted by Crippen LogP contribution is -2.26. The molecule has 1 aliphatic heterocycles. The molecule has 154 valence electrons. The molecular weight excluding hydrogens is 374 g/mol. The quantitative estimate of drug-likeness (QED) is 0.577. The van der Waals surface area contributed by atoms with E-state index in [9.17, 15) is 4.79 Å². The average molecular weight is 402 g/mol. The van der Waals surface area contributed by atoms with Crippen LogP contribution in [0.3, 0.4) is 0 Å². The first kappa shape index (κ1) is 21.3. The van der Waals surface area contributed by atoms with Crippen LogP contribution in [-0.2, 0) is 17.7 Å². The number of ether oxygens (including phenoxy) is 1. The van der Waals surface area contributed by atoms with Crippen LogP contribution in [0.4, 0.5) is 5.82 Å². The molecule has 0 fully saturated rings. The van der Waals surface area contributed by atoms with Crippen LogP contribution in [0.15, 0.2) is 66.8 Å². The van der Waals surface area contributed by atoms with Gasteiger partial charge in [0.15, 0.2) is 0 Å². The van der Waals surface area contributed by atoms with E-state index in [1.807, 2.05) is 56.3 Å². The fourth-order valence-electron chi connectivity index (χ4n) is 3.37. The van der Waals surface area contributed by atoms with Crippen molar-refractivity contribution in [3.8, 4) is 0 Å². The zero-order chi connectivity index (χ0) is 21.5. The van der Waals surface area contributed by atoms with Gasteiger partial charge in [-0.3, -0.25) is 4.79 Å². The molecule has 2 heterocycles. The normalized spacial score (nSPS) is 14.8. The molecule has 1 aliphatic rings. The van der Waals surface area contributed by atoms with Crippen molar-refractivity contribution in [3.63, 3.8) is 0 Å². The number of pyridine rings is 1. The van der Waals surface area contributed by atoms with E-state index in [0.717, 1.165) is 35.5 Å². The summed E-state index contributed by atoms with van der Waals surface area (Å²) in [6, 6.07) is 7.66. The number of benzene rings is 1. The third-order valence-corrected chi connectivity index (χ3v) is 5.00. The van der Waals surface area contributed by atoms with E-state index in [1.165, 1.54) is 17.4 Å². The molecule has 5 nitrogen and oxygen atoms in total. The Morgan fingerprint density at radius 2 is 2.07 bits per heavy atom. The van der Waals surface area contributed by atoms with Crippen molar-refractivity contribution in [3.05, 3.63) is 93.9 Å². The van der Waals surface area contributed by atoms with Gasteiger partial charge in [0.25, 0.3) is 5.91 Å². The average Bonchev–Trinajstić information content (AvgIpc) is 2.77. The second-order valence-electron chi connectivity index (χ2n) is 6.96. The smallest absolute Gasteiger partial charge is 0.256 e. The number of hydrogen-bond acceptors (Lipinski definition) is 4. The van der Waals surface area contributed by atoms with Gasteiger partial charge in [-0.05, 0) is 78.7 Å².